The number of hydrogen-bond donors (Lipinski definition) is 2. The zero-order valence-corrected chi connectivity index (χ0v) is 17.7. The fourth-order valence-electron chi connectivity index (χ4n) is 3.13. The van der Waals surface area contributed by atoms with Crippen molar-refractivity contribution in [3.8, 4) is 11.5 Å². The van der Waals surface area contributed by atoms with Gasteiger partial charge in [0.2, 0.25) is 11.8 Å². The van der Waals surface area contributed by atoms with E-state index in [1.54, 1.807) is 42.8 Å². The van der Waals surface area contributed by atoms with Gasteiger partial charge < -0.3 is 20.1 Å². The van der Waals surface area contributed by atoms with Crippen molar-refractivity contribution in [1.29, 1.82) is 0 Å². The second-order valence-electron chi connectivity index (χ2n) is 6.69. The fourth-order valence-corrected chi connectivity index (χ4v) is 4.16. The number of nitrogens with zero attached hydrogens (tertiary/aromatic N) is 2. The average Bonchev–Trinajstić information content (AvgIpc) is 3.29. The van der Waals surface area contributed by atoms with E-state index in [0.29, 0.717) is 23.9 Å². The fraction of sp³-hybridized carbons (Fsp3) is 0.450. The van der Waals surface area contributed by atoms with Gasteiger partial charge in [0.05, 0.1) is 26.3 Å². The minimum atomic E-state index is -0.174. The van der Waals surface area contributed by atoms with Crippen molar-refractivity contribution in [2.45, 2.75) is 37.8 Å². The third kappa shape index (κ3) is 5.03. The van der Waals surface area contributed by atoms with Crippen LogP contribution in [0.3, 0.4) is 0 Å². The predicted octanol–water partition coefficient (Wildman–Crippen LogP) is 2.35. The second-order valence-corrected chi connectivity index (χ2v) is 7.67. The SMILES string of the molecule is CCCNC(=O)Cn1nc2c(c1NC(=O)Cc1ccc(OC)c(OC)c1)CSC2. The summed E-state index contributed by atoms with van der Waals surface area (Å²) in [4.78, 5) is 24.9. The molecule has 0 fully saturated rings. The van der Waals surface area contributed by atoms with Gasteiger partial charge in [-0.1, -0.05) is 13.0 Å². The Morgan fingerprint density at radius 3 is 2.69 bits per heavy atom. The number of hydrogen-bond acceptors (Lipinski definition) is 6. The Kier molecular flexibility index (Phi) is 7.03. The smallest absolute Gasteiger partial charge is 0.241 e. The number of aromatic nitrogens is 2. The Balaban J connectivity index is 1.73. The van der Waals surface area contributed by atoms with Crippen molar-refractivity contribution in [1.82, 2.24) is 15.1 Å². The van der Waals surface area contributed by atoms with E-state index in [1.165, 1.54) is 0 Å². The van der Waals surface area contributed by atoms with E-state index in [-0.39, 0.29) is 24.8 Å². The first kappa shape index (κ1) is 21.0. The lowest BCUT2D eigenvalue weighted by Gasteiger charge is -2.12. The minimum absolute atomic E-state index is 0.0869. The summed E-state index contributed by atoms with van der Waals surface area (Å²) in [5, 5.41) is 10.3. The van der Waals surface area contributed by atoms with E-state index in [4.69, 9.17) is 9.47 Å². The predicted molar refractivity (Wildman–Crippen MR) is 112 cm³/mol. The highest BCUT2D eigenvalue weighted by molar-refractivity contribution is 7.98. The zero-order valence-electron chi connectivity index (χ0n) is 16.9. The highest BCUT2D eigenvalue weighted by Crippen LogP contribution is 2.35. The number of rotatable bonds is 9. The summed E-state index contributed by atoms with van der Waals surface area (Å²) in [6.07, 6.45) is 1.04. The molecule has 1 aromatic heterocycles. The van der Waals surface area contributed by atoms with Gasteiger partial charge in [-0.3, -0.25) is 9.59 Å². The maximum absolute atomic E-state index is 12.7. The Morgan fingerprint density at radius 2 is 1.97 bits per heavy atom. The molecular weight excluding hydrogens is 392 g/mol. The van der Waals surface area contributed by atoms with Crippen molar-refractivity contribution in [3.63, 3.8) is 0 Å². The van der Waals surface area contributed by atoms with Crippen molar-refractivity contribution in [2.24, 2.45) is 0 Å². The lowest BCUT2D eigenvalue weighted by atomic mass is 10.1. The first-order chi connectivity index (χ1) is 14.0. The molecule has 29 heavy (non-hydrogen) atoms. The maximum atomic E-state index is 12.7. The van der Waals surface area contributed by atoms with Crippen LogP contribution in [0.4, 0.5) is 5.82 Å². The summed E-state index contributed by atoms with van der Waals surface area (Å²) in [5.41, 5.74) is 2.73. The van der Waals surface area contributed by atoms with E-state index in [2.05, 4.69) is 15.7 Å². The van der Waals surface area contributed by atoms with Crippen molar-refractivity contribution < 1.29 is 19.1 Å². The van der Waals surface area contributed by atoms with Crippen LogP contribution in [0.25, 0.3) is 0 Å². The molecule has 1 aliphatic rings. The van der Waals surface area contributed by atoms with Crippen molar-refractivity contribution in [2.75, 3.05) is 26.1 Å². The van der Waals surface area contributed by atoms with E-state index < -0.39 is 0 Å². The van der Waals surface area contributed by atoms with E-state index in [0.717, 1.165) is 34.7 Å². The molecule has 1 aliphatic heterocycles. The summed E-state index contributed by atoms with van der Waals surface area (Å²) >= 11 is 1.75. The van der Waals surface area contributed by atoms with Crippen LogP contribution in [0.15, 0.2) is 18.2 Å². The molecule has 2 heterocycles. The molecule has 0 radical (unpaired) electrons. The van der Waals surface area contributed by atoms with Gasteiger partial charge in [-0.05, 0) is 24.1 Å². The first-order valence-corrected chi connectivity index (χ1v) is 10.6. The number of ether oxygens (including phenoxy) is 2. The standard InChI is InChI=1S/C20H26N4O4S/c1-4-7-21-19(26)10-24-20(14-11-29-12-15(14)23-24)22-18(25)9-13-5-6-16(27-2)17(8-13)28-3/h5-6,8H,4,7,9-12H2,1-3H3,(H,21,26)(H,22,25). The number of thioether (sulfide) groups is 1. The Morgan fingerprint density at radius 1 is 1.17 bits per heavy atom. The van der Waals surface area contributed by atoms with Crippen LogP contribution in [0, 0.1) is 0 Å². The zero-order chi connectivity index (χ0) is 20.8. The molecule has 156 valence electrons. The van der Waals surface area contributed by atoms with E-state index in [1.807, 2.05) is 13.0 Å². The molecule has 1 aromatic carbocycles. The Hall–Kier alpha value is -2.68. The molecule has 0 atom stereocenters. The van der Waals surface area contributed by atoms with Crippen molar-refractivity contribution >= 4 is 29.4 Å². The molecular formula is C20H26N4O4S. The highest BCUT2D eigenvalue weighted by atomic mass is 32.2. The van der Waals surface area contributed by atoms with Gasteiger partial charge in [-0.2, -0.15) is 16.9 Å². The molecule has 9 heteroatoms. The Labute approximate surface area is 174 Å². The third-order valence-corrected chi connectivity index (χ3v) is 5.53. The maximum Gasteiger partial charge on any atom is 0.241 e. The number of carbonyl (C=O) groups is 2. The minimum Gasteiger partial charge on any atom is -0.493 e. The van der Waals surface area contributed by atoms with Gasteiger partial charge in [0, 0.05) is 23.6 Å². The number of carbonyl (C=O) groups excluding carboxylic acids is 2. The molecule has 0 aliphatic carbocycles. The Bertz CT molecular complexity index is 897. The summed E-state index contributed by atoms with van der Waals surface area (Å²) in [6, 6.07) is 5.39. The molecule has 2 amide bonds. The lowest BCUT2D eigenvalue weighted by Crippen LogP contribution is -2.29. The van der Waals surface area contributed by atoms with E-state index in [9.17, 15) is 9.59 Å². The summed E-state index contributed by atoms with van der Waals surface area (Å²) in [7, 11) is 3.13. The largest absolute Gasteiger partial charge is 0.493 e. The first-order valence-electron chi connectivity index (χ1n) is 9.49. The van der Waals surface area contributed by atoms with Crippen LogP contribution in [0.2, 0.25) is 0 Å². The molecule has 3 rings (SSSR count). The molecule has 0 bridgehead atoms. The lowest BCUT2D eigenvalue weighted by molar-refractivity contribution is -0.122. The molecule has 2 N–H and O–H groups in total. The van der Waals surface area contributed by atoms with Crippen LogP contribution in [0.5, 0.6) is 11.5 Å². The molecule has 8 nitrogen and oxygen atoms in total. The van der Waals surface area contributed by atoms with Crippen LogP contribution in [-0.2, 0) is 34.1 Å². The van der Waals surface area contributed by atoms with Gasteiger partial charge in [0.25, 0.3) is 0 Å². The average molecular weight is 419 g/mol. The molecule has 0 spiro atoms. The van der Waals surface area contributed by atoms with Crippen LogP contribution < -0.4 is 20.1 Å². The quantitative estimate of drug-likeness (QED) is 0.649. The normalized spacial score (nSPS) is 12.4. The summed E-state index contributed by atoms with van der Waals surface area (Å²) < 4.78 is 12.1. The second kappa shape index (κ2) is 9.69. The molecule has 2 aromatic rings. The highest BCUT2D eigenvalue weighted by Gasteiger charge is 2.25. The van der Waals surface area contributed by atoms with Gasteiger partial charge in [-0.25, -0.2) is 4.68 Å². The molecule has 0 saturated carbocycles. The van der Waals surface area contributed by atoms with Crippen LogP contribution >= 0.6 is 11.8 Å². The monoisotopic (exact) mass is 418 g/mol. The number of amides is 2. The van der Waals surface area contributed by atoms with Crippen molar-refractivity contribution in [3.05, 3.63) is 35.0 Å². The van der Waals surface area contributed by atoms with Gasteiger partial charge in [0.1, 0.15) is 12.4 Å². The summed E-state index contributed by atoms with van der Waals surface area (Å²) in [5.74, 6) is 3.08. The van der Waals surface area contributed by atoms with Gasteiger partial charge >= 0.3 is 0 Å². The topological polar surface area (TPSA) is 94.5 Å². The third-order valence-electron chi connectivity index (χ3n) is 4.55. The number of methoxy groups -OCH3 is 2. The summed E-state index contributed by atoms with van der Waals surface area (Å²) in [6.45, 7) is 2.71. The number of fused-ring (bicyclic) bond motifs is 1. The number of nitrogens with one attached hydrogen (secondary N) is 2. The van der Waals surface area contributed by atoms with E-state index >= 15 is 0 Å². The number of anilines is 1. The molecule has 0 unspecified atom stereocenters. The molecule has 0 saturated heterocycles. The number of benzene rings is 1. The van der Waals surface area contributed by atoms with Crippen LogP contribution in [0.1, 0.15) is 30.2 Å². The van der Waals surface area contributed by atoms with Crippen LogP contribution in [-0.4, -0.2) is 42.4 Å². The van der Waals surface area contributed by atoms with Gasteiger partial charge in [0.15, 0.2) is 11.5 Å². The van der Waals surface area contributed by atoms with Gasteiger partial charge in [-0.15, -0.1) is 0 Å².